The lowest BCUT2D eigenvalue weighted by Gasteiger charge is -2.23. The molecule has 1 saturated heterocycles. The van der Waals surface area contributed by atoms with Gasteiger partial charge >= 0.3 is 6.03 Å². The first kappa shape index (κ1) is 15.7. The van der Waals surface area contributed by atoms with Crippen LogP contribution in [0.1, 0.15) is 46.5 Å². The molecule has 0 saturated carbocycles. The van der Waals surface area contributed by atoms with E-state index in [0.29, 0.717) is 6.04 Å². The van der Waals surface area contributed by atoms with Gasteiger partial charge in [0, 0.05) is 24.9 Å². The Bertz CT molecular complexity index is 238. The number of urea groups is 1. The van der Waals surface area contributed by atoms with Crippen LogP contribution in [0.25, 0.3) is 0 Å². The van der Waals surface area contributed by atoms with Crippen LogP contribution >= 0.6 is 11.8 Å². The molecule has 0 aliphatic carbocycles. The van der Waals surface area contributed by atoms with Gasteiger partial charge in [-0.05, 0) is 31.4 Å². The van der Waals surface area contributed by atoms with Gasteiger partial charge in [-0.2, -0.15) is 11.8 Å². The summed E-state index contributed by atoms with van der Waals surface area (Å²) in [6, 6.07) is 0.432. The van der Waals surface area contributed by atoms with E-state index in [-0.39, 0.29) is 6.03 Å². The van der Waals surface area contributed by atoms with Crippen molar-refractivity contribution in [3.63, 3.8) is 0 Å². The molecule has 2 amide bonds. The molecule has 106 valence electrons. The lowest BCUT2D eigenvalue weighted by Crippen LogP contribution is -2.44. The molecule has 1 rings (SSSR count). The van der Waals surface area contributed by atoms with E-state index in [9.17, 15) is 4.79 Å². The molecule has 0 radical (unpaired) electrons. The third-order valence-corrected chi connectivity index (χ3v) is 4.35. The minimum atomic E-state index is 0.134. The van der Waals surface area contributed by atoms with Crippen LogP contribution < -0.4 is 5.32 Å². The largest absolute Gasteiger partial charge is 0.336 e. The first-order chi connectivity index (χ1) is 8.59. The molecule has 1 aliphatic heterocycles. The first-order valence-corrected chi connectivity index (χ1v) is 8.38. The van der Waals surface area contributed by atoms with Crippen molar-refractivity contribution >= 4 is 17.8 Å². The fourth-order valence-electron chi connectivity index (χ4n) is 2.16. The van der Waals surface area contributed by atoms with Gasteiger partial charge in [0.15, 0.2) is 0 Å². The van der Waals surface area contributed by atoms with Crippen LogP contribution in [0, 0.1) is 5.92 Å². The van der Waals surface area contributed by atoms with Crippen molar-refractivity contribution in [3.8, 4) is 0 Å². The Hall–Kier alpha value is -0.380. The van der Waals surface area contributed by atoms with Crippen LogP contribution in [0.15, 0.2) is 0 Å². The molecule has 1 aliphatic rings. The second-order valence-corrected chi connectivity index (χ2v) is 6.85. The van der Waals surface area contributed by atoms with E-state index in [1.165, 1.54) is 18.6 Å². The summed E-state index contributed by atoms with van der Waals surface area (Å²) < 4.78 is 0. The molecule has 1 atom stereocenters. The summed E-state index contributed by atoms with van der Waals surface area (Å²) in [7, 11) is 0. The van der Waals surface area contributed by atoms with E-state index in [0.717, 1.165) is 37.6 Å². The molecular formula is C14H28N2OS. The number of thioether (sulfide) groups is 1. The molecule has 4 heteroatoms. The Morgan fingerprint density at radius 2 is 2.00 bits per heavy atom. The maximum atomic E-state index is 12.1. The van der Waals surface area contributed by atoms with Gasteiger partial charge in [-0.15, -0.1) is 0 Å². The van der Waals surface area contributed by atoms with Crippen molar-refractivity contribution in [2.45, 2.75) is 52.5 Å². The van der Waals surface area contributed by atoms with E-state index >= 15 is 0 Å². The van der Waals surface area contributed by atoms with Gasteiger partial charge in [0.25, 0.3) is 0 Å². The smallest absolute Gasteiger partial charge is 0.317 e. The summed E-state index contributed by atoms with van der Waals surface area (Å²) in [4.78, 5) is 14.0. The molecule has 0 spiro atoms. The van der Waals surface area contributed by atoms with E-state index in [1.54, 1.807) is 0 Å². The lowest BCUT2D eigenvalue weighted by atomic mass is 10.0. The highest BCUT2D eigenvalue weighted by Gasteiger charge is 2.16. The summed E-state index contributed by atoms with van der Waals surface area (Å²) in [6.45, 7) is 8.42. The number of hydrogen-bond acceptors (Lipinski definition) is 2. The highest BCUT2D eigenvalue weighted by atomic mass is 32.2. The maximum Gasteiger partial charge on any atom is 0.317 e. The average Bonchev–Trinajstić information content (AvgIpc) is 2.56. The van der Waals surface area contributed by atoms with Crippen molar-refractivity contribution in [1.29, 1.82) is 0 Å². The number of carbonyl (C=O) groups is 1. The standard InChI is InChI=1S/C14H28N2OS/c1-12(2)6-4-7-13(3)15-14(17)16-8-5-10-18-11-9-16/h12-13H,4-11H2,1-3H3,(H,15,17). The maximum absolute atomic E-state index is 12.1. The van der Waals surface area contributed by atoms with Gasteiger partial charge in [-0.1, -0.05) is 26.7 Å². The first-order valence-electron chi connectivity index (χ1n) is 7.22. The molecule has 1 N–H and O–H groups in total. The number of hydrogen-bond donors (Lipinski definition) is 1. The van der Waals surface area contributed by atoms with Crippen molar-refractivity contribution < 1.29 is 4.79 Å². The van der Waals surface area contributed by atoms with Crippen LogP contribution in [0.3, 0.4) is 0 Å². The summed E-state index contributed by atoms with van der Waals surface area (Å²) >= 11 is 1.95. The number of carbonyl (C=O) groups excluding carboxylic acids is 1. The molecular weight excluding hydrogens is 244 g/mol. The van der Waals surface area contributed by atoms with Crippen LogP contribution in [0.5, 0.6) is 0 Å². The molecule has 18 heavy (non-hydrogen) atoms. The predicted molar refractivity (Wildman–Crippen MR) is 80.2 cm³/mol. The summed E-state index contributed by atoms with van der Waals surface area (Å²) in [5, 5.41) is 3.13. The number of rotatable bonds is 5. The van der Waals surface area contributed by atoms with E-state index in [2.05, 4.69) is 26.1 Å². The molecule has 3 nitrogen and oxygen atoms in total. The number of nitrogens with zero attached hydrogens (tertiary/aromatic N) is 1. The van der Waals surface area contributed by atoms with Gasteiger partial charge in [0.1, 0.15) is 0 Å². The van der Waals surface area contributed by atoms with Crippen LogP contribution in [-0.4, -0.2) is 41.6 Å². The molecule has 1 unspecified atom stereocenters. The third-order valence-electron chi connectivity index (χ3n) is 3.30. The lowest BCUT2D eigenvalue weighted by molar-refractivity contribution is 0.197. The Morgan fingerprint density at radius 3 is 2.72 bits per heavy atom. The molecule has 0 aromatic rings. The summed E-state index contributed by atoms with van der Waals surface area (Å²) in [5.74, 6) is 3.03. The van der Waals surface area contributed by atoms with Crippen molar-refractivity contribution in [2.24, 2.45) is 5.92 Å². The zero-order valence-electron chi connectivity index (χ0n) is 12.1. The SMILES string of the molecule is CC(C)CCCC(C)NC(=O)N1CCCSCC1. The fourth-order valence-corrected chi connectivity index (χ4v) is 3.04. The summed E-state index contributed by atoms with van der Waals surface area (Å²) in [6.07, 6.45) is 4.67. The highest BCUT2D eigenvalue weighted by molar-refractivity contribution is 7.99. The van der Waals surface area contributed by atoms with Gasteiger partial charge < -0.3 is 10.2 Å². The van der Waals surface area contributed by atoms with Gasteiger partial charge in [-0.3, -0.25) is 0 Å². The predicted octanol–water partition coefficient (Wildman–Crippen LogP) is 3.35. The molecule has 0 bridgehead atoms. The number of amides is 2. The normalized spacial score (nSPS) is 18.6. The molecule has 1 fully saturated rings. The van der Waals surface area contributed by atoms with Crippen LogP contribution in [-0.2, 0) is 0 Å². The van der Waals surface area contributed by atoms with Crippen LogP contribution in [0.4, 0.5) is 4.79 Å². The Morgan fingerprint density at radius 1 is 1.22 bits per heavy atom. The Balaban J connectivity index is 2.21. The quantitative estimate of drug-likeness (QED) is 0.832. The topological polar surface area (TPSA) is 32.3 Å². The Labute approximate surface area is 116 Å². The Kier molecular flexibility index (Phi) is 7.56. The monoisotopic (exact) mass is 272 g/mol. The van der Waals surface area contributed by atoms with Crippen molar-refractivity contribution in [3.05, 3.63) is 0 Å². The van der Waals surface area contributed by atoms with E-state index in [1.807, 2.05) is 16.7 Å². The highest BCUT2D eigenvalue weighted by Crippen LogP contribution is 2.11. The second-order valence-electron chi connectivity index (χ2n) is 5.63. The van der Waals surface area contributed by atoms with E-state index < -0.39 is 0 Å². The average molecular weight is 272 g/mol. The zero-order chi connectivity index (χ0) is 13.4. The van der Waals surface area contributed by atoms with Crippen molar-refractivity contribution in [2.75, 3.05) is 24.6 Å². The zero-order valence-corrected chi connectivity index (χ0v) is 12.9. The second kappa shape index (κ2) is 8.68. The minimum absolute atomic E-state index is 0.134. The van der Waals surface area contributed by atoms with Gasteiger partial charge in [0.2, 0.25) is 0 Å². The molecule has 0 aromatic carbocycles. The third kappa shape index (κ3) is 6.53. The number of nitrogens with one attached hydrogen (secondary N) is 1. The van der Waals surface area contributed by atoms with Crippen LogP contribution in [0.2, 0.25) is 0 Å². The van der Waals surface area contributed by atoms with Gasteiger partial charge in [0.05, 0.1) is 0 Å². The van der Waals surface area contributed by atoms with Gasteiger partial charge in [-0.25, -0.2) is 4.79 Å². The van der Waals surface area contributed by atoms with E-state index in [4.69, 9.17) is 0 Å². The molecule has 1 heterocycles. The fraction of sp³-hybridized carbons (Fsp3) is 0.929. The van der Waals surface area contributed by atoms with Crippen molar-refractivity contribution in [1.82, 2.24) is 10.2 Å². The molecule has 0 aromatic heterocycles. The minimum Gasteiger partial charge on any atom is -0.336 e. The summed E-state index contributed by atoms with van der Waals surface area (Å²) in [5.41, 5.74) is 0.